The first-order valence-electron chi connectivity index (χ1n) is 10.8. The first-order valence-corrected chi connectivity index (χ1v) is 12.2. The summed E-state index contributed by atoms with van der Waals surface area (Å²) in [5, 5.41) is 13.3. The predicted octanol–water partition coefficient (Wildman–Crippen LogP) is 5.56. The van der Waals surface area contributed by atoms with Crippen LogP contribution in [0.1, 0.15) is 50.7 Å². The van der Waals surface area contributed by atoms with Crippen molar-refractivity contribution in [2.24, 2.45) is 0 Å². The standard InChI is InChI=1S/C23H27ClN4O2S/c24-18-12-10-17(11-13-18)22-26-27-23(28(22)15-20-9-6-14-30-20)31-16-21(29)25-19-7-4-2-1-3-5-8-19/h6,9-14,19H,1-5,7-8,15-16H2,(H,25,29). The van der Waals surface area contributed by atoms with Crippen molar-refractivity contribution in [1.82, 2.24) is 20.1 Å². The number of carbonyl (C=O) groups excluding carboxylic acids is 1. The van der Waals surface area contributed by atoms with Crippen LogP contribution in [0.2, 0.25) is 5.02 Å². The molecule has 1 aliphatic carbocycles. The van der Waals surface area contributed by atoms with E-state index in [1.54, 1.807) is 6.26 Å². The van der Waals surface area contributed by atoms with Gasteiger partial charge in [-0.15, -0.1) is 10.2 Å². The third-order valence-corrected chi connectivity index (χ3v) is 6.73. The van der Waals surface area contributed by atoms with Gasteiger partial charge in [0.25, 0.3) is 0 Å². The highest BCUT2D eigenvalue weighted by Crippen LogP contribution is 2.26. The molecular weight excluding hydrogens is 432 g/mol. The van der Waals surface area contributed by atoms with Gasteiger partial charge in [0.15, 0.2) is 11.0 Å². The van der Waals surface area contributed by atoms with E-state index < -0.39 is 0 Å². The summed E-state index contributed by atoms with van der Waals surface area (Å²) in [6, 6.07) is 11.6. The maximum atomic E-state index is 12.6. The summed E-state index contributed by atoms with van der Waals surface area (Å²) in [5.41, 5.74) is 0.911. The van der Waals surface area contributed by atoms with Gasteiger partial charge in [0.1, 0.15) is 5.76 Å². The van der Waals surface area contributed by atoms with Gasteiger partial charge in [-0.1, -0.05) is 55.5 Å². The average Bonchev–Trinajstić information content (AvgIpc) is 3.40. The van der Waals surface area contributed by atoms with Crippen molar-refractivity contribution in [3.63, 3.8) is 0 Å². The van der Waals surface area contributed by atoms with Crippen LogP contribution in [0.5, 0.6) is 0 Å². The lowest BCUT2D eigenvalue weighted by atomic mass is 9.97. The molecule has 0 bridgehead atoms. The Balaban J connectivity index is 1.45. The highest BCUT2D eigenvalue weighted by molar-refractivity contribution is 7.99. The Hall–Kier alpha value is -2.25. The van der Waals surface area contributed by atoms with Gasteiger partial charge < -0.3 is 9.73 Å². The fourth-order valence-electron chi connectivity index (χ4n) is 3.91. The predicted molar refractivity (Wildman–Crippen MR) is 123 cm³/mol. The third kappa shape index (κ3) is 6.14. The number of amides is 1. The number of nitrogens with one attached hydrogen (secondary N) is 1. The van der Waals surface area contributed by atoms with Crippen molar-refractivity contribution < 1.29 is 9.21 Å². The van der Waals surface area contributed by atoms with Gasteiger partial charge >= 0.3 is 0 Å². The molecule has 3 aromatic rings. The summed E-state index contributed by atoms with van der Waals surface area (Å²) in [6.45, 7) is 0.491. The van der Waals surface area contributed by atoms with Crippen LogP contribution < -0.4 is 5.32 Å². The molecule has 8 heteroatoms. The van der Waals surface area contributed by atoms with E-state index >= 15 is 0 Å². The van der Waals surface area contributed by atoms with Crippen molar-refractivity contribution in [2.75, 3.05) is 5.75 Å². The lowest BCUT2D eigenvalue weighted by Gasteiger charge is -2.20. The topological polar surface area (TPSA) is 73.0 Å². The van der Waals surface area contributed by atoms with Gasteiger partial charge in [-0.3, -0.25) is 9.36 Å². The average molecular weight is 459 g/mol. The normalized spacial score (nSPS) is 15.4. The number of hydrogen-bond acceptors (Lipinski definition) is 5. The molecule has 1 fully saturated rings. The molecule has 2 aromatic heterocycles. The number of thioether (sulfide) groups is 1. The highest BCUT2D eigenvalue weighted by Gasteiger charge is 2.19. The van der Waals surface area contributed by atoms with Crippen LogP contribution in [0.4, 0.5) is 0 Å². The smallest absolute Gasteiger partial charge is 0.230 e. The van der Waals surface area contributed by atoms with E-state index in [9.17, 15) is 4.79 Å². The van der Waals surface area contributed by atoms with Gasteiger partial charge in [0, 0.05) is 16.6 Å². The molecule has 1 saturated carbocycles. The second kappa shape index (κ2) is 10.9. The molecule has 1 amide bonds. The molecule has 6 nitrogen and oxygen atoms in total. The fourth-order valence-corrected chi connectivity index (χ4v) is 4.78. The minimum absolute atomic E-state index is 0.0520. The van der Waals surface area contributed by atoms with Crippen molar-refractivity contribution in [2.45, 2.75) is 62.7 Å². The van der Waals surface area contributed by atoms with Crippen molar-refractivity contribution in [1.29, 1.82) is 0 Å². The number of nitrogens with zero attached hydrogens (tertiary/aromatic N) is 3. The number of hydrogen-bond donors (Lipinski definition) is 1. The fraction of sp³-hybridized carbons (Fsp3) is 0.435. The van der Waals surface area contributed by atoms with Crippen LogP contribution in [-0.2, 0) is 11.3 Å². The summed E-state index contributed by atoms with van der Waals surface area (Å²) in [5.74, 6) is 1.89. The van der Waals surface area contributed by atoms with Gasteiger partial charge in [0.05, 0.1) is 18.6 Å². The minimum atomic E-state index is 0.0520. The molecule has 1 aliphatic rings. The van der Waals surface area contributed by atoms with E-state index in [-0.39, 0.29) is 5.91 Å². The van der Waals surface area contributed by atoms with Crippen LogP contribution in [0.25, 0.3) is 11.4 Å². The van der Waals surface area contributed by atoms with Crippen LogP contribution in [-0.4, -0.2) is 32.5 Å². The van der Waals surface area contributed by atoms with Crippen LogP contribution >= 0.6 is 23.4 Å². The molecule has 0 radical (unpaired) electrons. The molecule has 0 spiro atoms. The zero-order valence-corrected chi connectivity index (χ0v) is 19.0. The molecule has 164 valence electrons. The number of aromatic nitrogens is 3. The first-order chi connectivity index (χ1) is 15.2. The summed E-state index contributed by atoms with van der Waals surface area (Å²) >= 11 is 7.44. The Morgan fingerprint density at radius 1 is 1.10 bits per heavy atom. The Kier molecular flexibility index (Phi) is 7.70. The number of rotatable bonds is 7. The number of furan rings is 1. The summed E-state index contributed by atoms with van der Waals surface area (Å²) in [7, 11) is 0. The van der Waals surface area contributed by atoms with Crippen molar-refractivity contribution in [3.8, 4) is 11.4 Å². The Morgan fingerprint density at radius 2 is 1.84 bits per heavy atom. The quantitative estimate of drug-likeness (QED) is 0.469. The molecule has 1 aromatic carbocycles. The summed E-state index contributed by atoms with van der Waals surface area (Å²) < 4.78 is 7.52. The van der Waals surface area contributed by atoms with E-state index in [4.69, 9.17) is 16.0 Å². The molecule has 4 rings (SSSR count). The number of halogens is 1. The van der Waals surface area contributed by atoms with Crippen LogP contribution in [0.15, 0.2) is 52.2 Å². The lowest BCUT2D eigenvalue weighted by molar-refractivity contribution is -0.119. The lowest BCUT2D eigenvalue weighted by Crippen LogP contribution is -2.36. The monoisotopic (exact) mass is 458 g/mol. The summed E-state index contributed by atoms with van der Waals surface area (Å²) in [6.07, 6.45) is 10.0. The van der Waals surface area contributed by atoms with Crippen molar-refractivity contribution >= 4 is 29.3 Å². The first kappa shape index (κ1) is 22.0. The van der Waals surface area contributed by atoms with E-state index in [2.05, 4.69) is 15.5 Å². The van der Waals surface area contributed by atoms with Gasteiger partial charge in [-0.2, -0.15) is 0 Å². The zero-order chi connectivity index (χ0) is 21.5. The molecule has 1 N–H and O–H groups in total. The number of carbonyl (C=O) groups is 1. The van der Waals surface area contributed by atoms with Crippen molar-refractivity contribution in [3.05, 3.63) is 53.4 Å². The van der Waals surface area contributed by atoms with E-state index in [1.165, 1.54) is 43.9 Å². The molecule has 2 heterocycles. The molecule has 31 heavy (non-hydrogen) atoms. The molecular formula is C23H27ClN4O2S. The Bertz CT molecular complexity index is 964. The Morgan fingerprint density at radius 3 is 2.55 bits per heavy atom. The molecule has 0 aliphatic heterocycles. The second-order valence-electron chi connectivity index (χ2n) is 7.88. The third-order valence-electron chi connectivity index (χ3n) is 5.52. The van der Waals surface area contributed by atoms with Gasteiger partial charge in [0.2, 0.25) is 5.91 Å². The molecule has 0 unspecified atom stereocenters. The SMILES string of the molecule is O=C(CSc1nnc(-c2ccc(Cl)cc2)n1Cc1ccco1)NC1CCCCCCC1. The van der Waals surface area contributed by atoms with Crippen LogP contribution in [0, 0.1) is 0 Å². The Labute approximate surface area is 191 Å². The van der Waals surface area contributed by atoms with Crippen LogP contribution in [0.3, 0.4) is 0 Å². The van der Waals surface area contributed by atoms with Gasteiger partial charge in [-0.25, -0.2) is 0 Å². The highest BCUT2D eigenvalue weighted by atomic mass is 35.5. The maximum Gasteiger partial charge on any atom is 0.230 e. The van der Waals surface area contributed by atoms with E-state index in [0.717, 1.165) is 30.0 Å². The van der Waals surface area contributed by atoms with Gasteiger partial charge in [-0.05, 0) is 49.2 Å². The molecule has 0 saturated heterocycles. The zero-order valence-electron chi connectivity index (χ0n) is 17.4. The number of benzene rings is 1. The largest absolute Gasteiger partial charge is 0.467 e. The van der Waals surface area contributed by atoms with E-state index in [0.29, 0.717) is 28.5 Å². The maximum absolute atomic E-state index is 12.6. The molecule has 0 atom stereocenters. The van der Waals surface area contributed by atoms with E-state index in [1.807, 2.05) is 41.0 Å². The second-order valence-corrected chi connectivity index (χ2v) is 9.26. The summed E-state index contributed by atoms with van der Waals surface area (Å²) in [4.78, 5) is 12.6. The minimum Gasteiger partial charge on any atom is -0.467 e.